The fourth-order valence-corrected chi connectivity index (χ4v) is 5.63. The first-order valence-electron chi connectivity index (χ1n) is 8.22. The van der Waals surface area contributed by atoms with E-state index >= 15 is 0 Å². The van der Waals surface area contributed by atoms with Crippen LogP contribution in [0.4, 0.5) is 0 Å². The molecule has 0 bridgehead atoms. The Morgan fingerprint density at radius 3 is 2.31 bits per heavy atom. The van der Waals surface area contributed by atoms with E-state index in [1.807, 2.05) is 0 Å². The highest BCUT2D eigenvalue weighted by molar-refractivity contribution is 7.91. The Balaban J connectivity index is 1.64. The number of fused-ring (bicyclic) bond motifs is 1. The van der Waals surface area contributed by atoms with Crippen LogP contribution in [0.2, 0.25) is 0 Å². The predicted octanol–water partition coefficient (Wildman–Crippen LogP) is 0.438. The van der Waals surface area contributed by atoms with Crippen LogP contribution in [-0.4, -0.2) is 71.7 Å². The third kappa shape index (κ3) is 2.88. The van der Waals surface area contributed by atoms with Gasteiger partial charge in [0.1, 0.15) is 12.0 Å². The van der Waals surface area contributed by atoms with Crippen molar-refractivity contribution in [1.29, 1.82) is 0 Å². The number of rotatable bonds is 2. The minimum absolute atomic E-state index is 0.146. The van der Waals surface area contributed by atoms with Crippen molar-refractivity contribution < 1.29 is 22.4 Å². The summed E-state index contributed by atoms with van der Waals surface area (Å²) in [6.07, 6.45) is 4.26. The van der Waals surface area contributed by atoms with Crippen molar-refractivity contribution in [3.8, 4) is 0 Å². The van der Waals surface area contributed by atoms with Crippen molar-refractivity contribution in [2.24, 2.45) is 0 Å². The summed E-state index contributed by atoms with van der Waals surface area (Å²) in [5.41, 5.74) is 0.641. The molecule has 0 saturated carbocycles. The van der Waals surface area contributed by atoms with Gasteiger partial charge in [0.15, 0.2) is 9.84 Å². The lowest BCUT2D eigenvalue weighted by atomic mass is 10.0. The van der Waals surface area contributed by atoms with E-state index in [0.29, 0.717) is 5.56 Å². The summed E-state index contributed by atoms with van der Waals surface area (Å²) in [5.74, 6) is -0.887. The molecular weight excluding hydrogens is 358 g/mol. The molecule has 2 aliphatic rings. The normalized spacial score (nSPS) is 24.3. The van der Waals surface area contributed by atoms with E-state index in [2.05, 4.69) is 4.98 Å². The number of sulfone groups is 1. The summed E-state index contributed by atoms with van der Waals surface area (Å²) >= 11 is 0. The zero-order valence-corrected chi connectivity index (χ0v) is 14.6. The second kappa shape index (κ2) is 6.24. The number of piperazine rings is 1. The molecule has 0 radical (unpaired) electrons. The van der Waals surface area contributed by atoms with Crippen molar-refractivity contribution in [3.63, 3.8) is 0 Å². The molecule has 2 aromatic rings. The number of nitrogens with zero attached hydrogens (tertiary/aromatic N) is 3. The second-order valence-corrected chi connectivity index (χ2v) is 8.59. The van der Waals surface area contributed by atoms with Gasteiger partial charge in [0.25, 0.3) is 11.8 Å². The molecule has 2 aromatic heterocycles. The summed E-state index contributed by atoms with van der Waals surface area (Å²) in [6.45, 7) is 0.523. The summed E-state index contributed by atoms with van der Waals surface area (Å²) < 4.78 is 29.4. The lowest BCUT2D eigenvalue weighted by Gasteiger charge is -2.43. The van der Waals surface area contributed by atoms with Crippen molar-refractivity contribution in [3.05, 3.63) is 54.2 Å². The molecule has 2 atom stereocenters. The van der Waals surface area contributed by atoms with Gasteiger partial charge in [-0.2, -0.15) is 0 Å². The lowest BCUT2D eigenvalue weighted by Crippen LogP contribution is -2.62. The van der Waals surface area contributed by atoms with E-state index in [4.69, 9.17) is 4.42 Å². The Hall–Kier alpha value is -2.68. The average molecular weight is 375 g/mol. The minimum atomic E-state index is -3.34. The molecule has 9 heteroatoms. The van der Waals surface area contributed by atoms with Crippen LogP contribution in [0.5, 0.6) is 0 Å². The van der Waals surface area contributed by atoms with Crippen LogP contribution in [-0.2, 0) is 9.84 Å². The molecule has 0 aromatic carbocycles. The molecule has 136 valence electrons. The smallest absolute Gasteiger partial charge is 0.272 e. The molecule has 4 rings (SSSR count). The van der Waals surface area contributed by atoms with E-state index in [1.54, 1.807) is 29.2 Å². The first-order chi connectivity index (χ1) is 12.5. The van der Waals surface area contributed by atoms with Gasteiger partial charge in [0.2, 0.25) is 0 Å². The highest BCUT2D eigenvalue weighted by Gasteiger charge is 2.49. The largest absolute Gasteiger partial charge is 0.472 e. The topological polar surface area (TPSA) is 101 Å². The fraction of sp³-hybridized carbons (Fsp3) is 0.353. The number of aromatic nitrogens is 1. The first-order valence-corrected chi connectivity index (χ1v) is 10.0. The van der Waals surface area contributed by atoms with Crippen molar-refractivity contribution in [2.75, 3.05) is 24.6 Å². The molecule has 2 aliphatic heterocycles. The zero-order chi connectivity index (χ0) is 18.3. The van der Waals surface area contributed by atoms with Gasteiger partial charge in [-0.05, 0) is 18.2 Å². The Morgan fingerprint density at radius 2 is 1.73 bits per heavy atom. The molecule has 2 amide bonds. The van der Waals surface area contributed by atoms with Gasteiger partial charge in [-0.3, -0.25) is 14.6 Å². The Bertz CT molecular complexity index is 927. The Morgan fingerprint density at radius 1 is 1.04 bits per heavy atom. The van der Waals surface area contributed by atoms with E-state index < -0.39 is 21.9 Å². The third-order valence-corrected chi connectivity index (χ3v) is 6.55. The van der Waals surface area contributed by atoms with Gasteiger partial charge in [0.05, 0.1) is 35.4 Å². The highest BCUT2D eigenvalue weighted by Crippen LogP contribution is 2.29. The van der Waals surface area contributed by atoms with Crippen LogP contribution >= 0.6 is 0 Å². The molecule has 26 heavy (non-hydrogen) atoms. The monoisotopic (exact) mass is 375 g/mol. The fourth-order valence-electron chi connectivity index (χ4n) is 3.65. The average Bonchev–Trinajstić information content (AvgIpc) is 3.27. The van der Waals surface area contributed by atoms with E-state index in [-0.39, 0.29) is 42.1 Å². The highest BCUT2D eigenvalue weighted by atomic mass is 32.2. The molecule has 8 nitrogen and oxygen atoms in total. The molecule has 2 saturated heterocycles. The SMILES string of the molecule is O=C(c1ccoc1)N1CCN(C(=O)c2ccccn2)C2CS(=O)(=O)CC21. The summed E-state index contributed by atoms with van der Waals surface area (Å²) in [5, 5.41) is 0. The van der Waals surface area contributed by atoms with Crippen LogP contribution in [0, 0.1) is 0 Å². The van der Waals surface area contributed by atoms with E-state index in [9.17, 15) is 18.0 Å². The maximum Gasteiger partial charge on any atom is 0.272 e. The molecule has 4 heterocycles. The van der Waals surface area contributed by atoms with Gasteiger partial charge < -0.3 is 14.2 Å². The van der Waals surface area contributed by atoms with Crippen molar-refractivity contribution >= 4 is 21.7 Å². The van der Waals surface area contributed by atoms with Crippen LogP contribution in [0.1, 0.15) is 20.8 Å². The van der Waals surface area contributed by atoms with Crippen LogP contribution in [0.3, 0.4) is 0 Å². The number of carbonyl (C=O) groups is 2. The lowest BCUT2D eigenvalue weighted by molar-refractivity contribution is 0.0277. The Labute approximate surface area is 150 Å². The Kier molecular flexibility index (Phi) is 4.03. The maximum atomic E-state index is 12.8. The third-order valence-electron chi connectivity index (χ3n) is 4.85. The number of pyridine rings is 1. The van der Waals surface area contributed by atoms with Gasteiger partial charge in [-0.25, -0.2) is 8.42 Å². The summed E-state index contributed by atoms with van der Waals surface area (Å²) in [6, 6.07) is 5.43. The summed E-state index contributed by atoms with van der Waals surface area (Å²) in [7, 11) is -3.34. The number of hydrogen-bond donors (Lipinski definition) is 0. The number of hydrogen-bond acceptors (Lipinski definition) is 6. The minimum Gasteiger partial charge on any atom is -0.472 e. The van der Waals surface area contributed by atoms with E-state index in [1.165, 1.54) is 23.6 Å². The van der Waals surface area contributed by atoms with E-state index in [0.717, 1.165) is 0 Å². The number of carbonyl (C=O) groups excluding carboxylic acids is 2. The number of furan rings is 1. The first kappa shape index (κ1) is 16.8. The van der Waals surface area contributed by atoms with Gasteiger partial charge in [-0.1, -0.05) is 6.07 Å². The van der Waals surface area contributed by atoms with Gasteiger partial charge in [-0.15, -0.1) is 0 Å². The van der Waals surface area contributed by atoms with Crippen LogP contribution in [0.15, 0.2) is 47.4 Å². The van der Waals surface area contributed by atoms with Gasteiger partial charge in [0, 0.05) is 19.3 Å². The second-order valence-electron chi connectivity index (χ2n) is 6.44. The zero-order valence-electron chi connectivity index (χ0n) is 13.8. The number of amides is 2. The molecule has 2 fully saturated rings. The van der Waals surface area contributed by atoms with Crippen LogP contribution in [0.25, 0.3) is 0 Å². The quantitative estimate of drug-likeness (QED) is 0.755. The van der Waals surface area contributed by atoms with Gasteiger partial charge >= 0.3 is 0 Å². The van der Waals surface area contributed by atoms with Crippen molar-refractivity contribution in [2.45, 2.75) is 12.1 Å². The maximum absolute atomic E-state index is 12.8. The summed E-state index contributed by atoms with van der Waals surface area (Å²) in [4.78, 5) is 32.7. The molecule has 0 N–H and O–H groups in total. The standard InChI is InChI=1S/C17H17N3O5S/c21-16(12-4-8-25-9-12)19-6-7-20(15-11-26(23,24)10-14(15)19)17(22)13-3-1-2-5-18-13/h1-5,8-9,14-15H,6-7,10-11H2. The van der Waals surface area contributed by atoms with Crippen LogP contribution < -0.4 is 0 Å². The predicted molar refractivity (Wildman–Crippen MR) is 91.2 cm³/mol. The van der Waals surface area contributed by atoms with Crippen molar-refractivity contribution in [1.82, 2.24) is 14.8 Å². The molecule has 0 spiro atoms. The molecule has 2 unspecified atom stereocenters. The molecular formula is C17H17N3O5S. The molecule has 0 aliphatic carbocycles.